The van der Waals surface area contributed by atoms with E-state index in [9.17, 15) is 4.79 Å². The minimum Gasteiger partial charge on any atom is -0.493 e. The Balaban J connectivity index is 1.31. The number of hydrogen-bond acceptors (Lipinski definition) is 7. The Bertz CT molecular complexity index is 1330. The SMILES string of the molecule is COc1cc(/C=C2/SC(=Nc3ccc(C)cc3)N(C)C2=O)ccc1OCc1ccc2c(c1)OCO2. The molecule has 1 fully saturated rings. The number of nitrogens with zero attached hydrogens (tertiary/aromatic N) is 2. The quantitative estimate of drug-likeness (QED) is 0.424. The molecule has 178 valence electrons. The zero-order valence-corrected chi connectivity index (χ0v) is 20.4. The van der Waals surface area contributed by atoms with Crippen molar-refractivity contribution >= 4 is 34.6 Å². The summed E-state index contributed by atoms with van der Waals surface area (Å²) in [5, 5.41) is 0.640. The number of fused-ring (bicyclic) bond motifs is 1. The summed E-state index contributed by atoms with van der Waals surface area (Å²) in [6.07, 6.45) is 1.84. The largest absolute Gasteiger partial charge is 0.493 e. The predicted octanol–water partition coefficient (Wildman–Crippen LogP) is 5.55. The molecule has 0 bridgehead atoms. The van der Waals surface area contributed by atoms with Crippen molar-refractivity contribution in [1.82, 2.24) is 4.90 Å². The van der Waals surface area contributed by atoms with Gasteiger partial charge in [0.2, 0.25) is 6.79 Å². The molecule has 2 aliphatic rings. The molecule has 5 rings (SSSR count). The van der Waals surface area contributed by atoms with Gasteiger partial charge in [-0.2, -0.15) is 0 Å². The first kappa shape index (κ1) is 22.9. The van der Waals surface area contributed by atoms with Crippen LogP contribution >= 0.6 is 11.8 Å². The van der Waals surface area contributed by atoms with Gasteiger partial charge in [0.1, 0.15) is 6.61 Å². The normalized spacial score (nSPS) is 16.9. The molecule has 0 N–H and O–H groups in total. The average Bonchev–Trinajstić information content (AvgIpc) is 3.44. The van der Waals surface area contributed by atoms with Crippen LogP contribution in [0.3, 0.4) is 0 Å². The highest BCUT2D eigenvalue weighted by Gasteiger charge is 2.30. The van der Waals surface area contributed by atoms with Gasteiger partial charge in [0.05, 0.1) is 17.7 Å². The van der Waals surface area contributed by atoms with E-state index in [0.717, 1.165) is 28.1 Å². The molecule has 0 radical (unpaired) electrons. The molecule has 0 atom stereocenters. The molecule has 3 aromatic rings. The highest BCUT2D eigenvalue weighted by molar-refractivity contribution is 8.18. The van der Waals surface area contributed by atoms with Gasteiger partial charge in [-0.3, -0.25) is 9.69 Å². The van der Waals surface area contributed by atoms with Crippen LogP contribution in [0.15, 0.2) is 70.6 Å². The summed E-state index contributed by atoms with van der Waals surface area (Å²) in [5.74, 6) is 2.55. The average molecular weight is 489 g/mol. The number of aliphatic imine (C=N–C) groups is 1. The Morgan fingerprint density at radius 3 is 2.63 bits per heavy atom. The third-order valence-electron chi connectivity index (χ3n) is 5.58. The van der Waals surface area contributed by atoms with Gasteiger partial charge in [-0.05, 0) is 72.3 Å². The van der Waals surface area contributed by atoms with Gasteiger partial charge in [-0.15, -0.1) is 0 Å². The lowest BCUT2D eigenvalue weighted by Gasteiger charge is -2.12. The van der Waals surface area contributed by atoms with Crippen LogP contribution in [0.5, 0.6) is 23.0 Å². The van der Waals surface area contributed by atoms with E-state index < -0.39 is 0 Å². The summed E-state index contributed by atoms with van der Waals surface area (Å²) in [4.78, 5) is 19.6. The molecule has 7 nitrogen and oxygen atoms in total. The topological polar surface area (TPSA) is 69.6 Å². The fourth-order valence-corrected chi connectivity index (χ4v) is 4.60. The number of benzene rings is 3. The van der Waals surface area contributed by atoms with Crippen molar-refractivity contribution in [2.75, 3.05) is 21.0 Å². The van der Waals surface area contributed by atoms with Crippen LogP contribution in [0.2, 0.25) is 0 Å². The smallest absolute Gasteiger partial charge is 0.266 e. The number of ether oxygens (including phenoxy) is 4. The number of amides is 1. The molecule has 0 unspecified atom stereocenters. The third kappa shape index (κ3) is 4.97. The summed E-state index contributed by atoms with van der Waals surface area (Å²) in [5.41, 5.74) is 3.76. The van der Waals surface area contributed by atoms with Crippen molar-refractivity contribution in [2.45, 2.75) is 13.5 Å². The lowest BCUT2D eigenvalue weighted by molar-refractivity contribution is -0.121. The van der Waals surface area contributed by atoms with Crippen LogP contribution in [0.1, 0.15) is 16.7 Å². The van der Waals surface area contributed by atoms with Gasteiger partial charge in [0.15, 0.2) is 28.2 Å². The van der Waals surface area contributed by atoms with Crippen LogP contribution < -0.4 is 18.9 Å². The van der Waals surface area contributed by atoms with Gasteiger partial charge >= 0.3 is 0 Å². The maximum atomic E-state index is 12.8. The highest BCUT2D eigenvalue weighted by atomic mass is 32.2. The van der Waals surface area contributed by atoms with Gasteiger partial charge in [0, 0.05) is 7.05 Å². The fourth-order valence-electron chi connectivity index (χ4n) is 3.62. The number of amidine groups is 1. The Hall–Kier alpha value is -3.91. The van der Waals surface area contributed by atoms with Crippen molar-refractivity contribution in [1.29, 1.82) is 0 Å². The van der Waals surface area contributed by atoms with E-state index in [2.05, 4.69) is 4.99 Å². The highest BCUT2D eigenvalue weighted by Crippen LogP contribution is 2.36. The Morgan fingerprint density at radius 2 is 1.83 bits per heavy atom. The van der Waals surface area contributed by atoms with E-state index in [1.165, 1.54) is 11.8 Å². The fraction of sp³-hybridized carbons (Fsp3) is 0.185. The molecule has 8 heteroatoms. The number of carbonyl (C=O) groups is 1. The zero-order valence-electron chi connectivity index (χ0n) is 19.6. The molecule has 2 heterocycles. The molecule has 3 aromatic carbocycles. The minimum atomic E-state index is -0.0945. The second kappa shape index (κ2) is 9.76. The van der Waals surface area contributed by atoms with Crippen molar-refractivity contribution < 1.29 is 23.7 Å². The predicted molar refractivity (Wildman–Crippen MR) is 137 cm³/mol. The summed E-state index contributed by atoms with van der Waals surface area (Å²) in [6.45, 7) is 2.62. The molecule has 1 saturated heterocycles. The monoisotopic (exact) mass is 488 g/mol. The van der Waals surface area contributed by atoms with Crippen LogP contribution in [-0.2, 0) is 11.4 Å². The first-order chi connectivity index (χ1) is 17.0. The van der Waals surface area contributed by atoms with Crippen molar-refractivity contribution in [3.63, 3.8) is 0 Å². The molecule has 2 aliphatic heterocycles. The maximum Gasteiger partial charge on any atom is 0.266 e. The lowest BCUT2D eigenvalue weighted by Crippen LogP contribution is -2.23. The van der Waals surface area contributed by atoms with Gasteiger partial charge in [-0.1, -0.05) is 29.8 Å². The first-order valence-electron chi connectivity index (χ1n) is 11.0. The summed E-state index contributed by atoms with van der Waals surface area (Å²) < 4.78 is 22.3. The van der Waals surface area contributed by atoms with Crippen molar-refractivity contribution in [3.8, 4) is 23.0 Å². The molecule has 0 aromatic heterocycles. The van der Waals surface area contributed by atoms with Crippen LogP contribution in [0.4, 0.5) is 5.69 Å². The molecular formula is C27H24N2O5S. The van der Waals surface area contributed by atoms with E-state index in [1.807, 2.05) is 73.7 Å². The molecule has 0 saturated carbocycles. The first-order valence-corrected chi connectivity index (χ1v) is 11.8. The van der Waals surface area contributed by atoms with Gasteiger partial charge in [-0.25, -0.2) is 4.99 Å². The third-order valence-corrected chi connectivity index (χ3v) is 6.64. The van der Waals surface area contributed by atoms with E-state index in [0.29, 0.717) is 33.9 Å². The number of likely N-dealkylation sites (N-methyl/N-ethyl adjacent to an activating group) is 1. The maximum absolute atomic E-state index is 12.8. The van der Waals surface area contributed by atoms with Crippen LogP contribution in [0, 0.1) is 6.92 Å². The molecule has 1 amide bonds. The number of rotatable bonds is 6. The van der Waals surface area contributed by atoms with Gasteiger partial charge < -0.3 is 18.9 Å². The number of methoxy groups -OCH3 is 1. The summed E-state index contributed by atoms with van der Waals surface area (Å²) in [6, 6.07) is 19.2. The van der Waals surface area contributed by atoms with Crippen molar-refractivity contribution in [2.24, 2.45) is 4.99 Å². The number of aryl methyl sites for hydroxylation is 1. The molecular weight excluding hydrogens is 464 g/mol. The van der Waals surface area contributed by atoms with Gasteiger partial charge in [0.25, 0.3) is 5.91 Å². The molecule has 35 heavy (non-hydrogen) atoms. The van der Waals surface area contributed by atoms with E-state index in [4.69, 9.17) is 18.9 Å². The Kier molecular flexibility index (Phi) is 6.37. The number of hydrogen-bond donors (Lipinski definition) is 0. The van der Waals surface area contributed by atoms with Crippen LogP contribution in [0.25, 0.3) is 6.08 Å². The zero-order chi connectivity index (χ0) is 24.4. The van der Waals surface area contributed by atoms with Crippen molar-refractivity contribution in [3.05, 3.63) is 82.3 Å². The second-order valence-electron chi connectivity index (χ2n) is 8.09. The number of thioether (sulfide) groups is 1. The summed E-state index contributed by atoms with van der Waals surface area (Å²) >= 11 is 1.35. The number of carbonyl (C=O) groups excluding carboxylic acids is 1. The lowest BCUT2D eigenvalue weighted by atomic mass is 10.1. The van der Waals surface area contributed by atoms with E-state index in [-0.39, 0.29) is 12.7 Å². The van der Waals surface area contributed by atoms with E-state index in [1.54, 1.807) is 19.1 Å². The Morgan fingerprint density at radius 1 is 1.03 bits per heavy atom. The Labute approximate surface area is 208 Å². The molecule has 0 aliphatic carbocycles. The van der Waals surface area contributed by atoms with E-state index >= 15 is 0 Å². The summed E-state index contributed by atoms with van der Waals surface area (Å²) in [7, 11) is 3.33. The van der Waals surface area contributed by atoms with Crippen LogP contribution in [-0.4, -0.2) is 36.9 Å². The molecule has 0 spiro atoms. The standard InChI is InChI=1S/C27H24N2O5S/c1-17-4-8-20(9-5-17)28-27-29(2)26(30)25(35-27)14-18-6-10-21(23(12-18)31-3)32-15-19-7-11-22-24(13-19)34-16-33-22/h4-14H,15-16H2,1-3H3/b25-14+,28-27?. The minimum absolute atomic E-state index is 0.0945. The second-order valence-corrected chi connectivity index (χ2v) is 9.10.